The molecular weight excluding hydrogens is 489 g/mol. The van der Waals surface area contributed by atoms with E-state index in [1.807, 2.05) is 72.9 Å². The van der Waals surface area contributed by atoms with Gasteiger partial charge in [0.15, 0.2) is 0 Å². The van der Waals surface area contributed by atoms with Crippen LogP contribution in [0.2, 0.25) is 0 Å². The summed E-state index contributed by atoms with van der Waals surface area (Å²) in [7, 11) is 0. The van der Waals surface area contributed by atoms with Gasteiger partial charge in [-0.3, -0.25) is 15.1 Å². The Morgan fingerprint density at radius 2 is 1.62 bits per heavy atom. The summed E-state index contributed by atoms with van der Waals surface area (Å²) in [6.07, 6.45) is 5.28. The molecule has 4 heterocycles. The zero-order chi connectivity index (χ0) is 26.2. The van der Waals surface area contributed by atoms with E-state index in [-0.39, 0.29) is 5.82 Å². The second-order valence-corrected chi connectivity index (χ2v) is 9.33. The summed E-state index contributed by atoms with van der Waals surface area (Å²) in [4.78, 5) is 12.4. The minimum Gasteiger partial charge on any atom is -0.487 e. The molecule has 39 heavy (non-hydrogen) atoms. The van der Waals surface area contributed by atoms with Crippen molar-refractivity contribution >= 4 is 21.8 Å². The molecule has 0 aliphatic carbocycles. The smallest absolute Gasteiger partial charge is 0.138 e. The lowest BCUT2D eigenvalue weighted by atomic mass is 10.0. The molecule has 0 bridgehead atoms. The first-order chi connectivity index (χ1) is 19.2. The van der Waals surface area contributed by atoms with E-state index in [1.165, 1.54) is 12.1 Å². The maximum atomic E-state index is 13.9. The lowest BCUT2D eigenvalue weighted by Gasteiger charge is -2.08. The number of benzene rings is 3. The molecule has 0 radical (unpaired) electrons. The topological polar surface area (TPSA) is 79.5 Å². The number of H-pyrrole nitrogens is 2. The van der Waals surface area contributed by atoms with Crippen molar-refractivity contribution in [2.75, 3.05) is 0 Å². The normalized spacial score (nSPS) is 11.3. The number of pyridine rings is 2. The Morgan fingerprint density at radius 3 is 2.51 bits per heavy atom. The molecule has 3 aromatic carbocycles. The Bertz CT molecular complexity index is 1940. The van der Waals surface area contributed by atoms with E-state index >= 15 is 0 Å². The highest BCUT2D eigenvalue weighted by Gasteiger charge is 2.15. The fourth-order valence-electron chi connectivity index (χ4n) is 4.84. The standard InChI is InChI=1S/C32H22FN5O/c33-24-8-4-7-22(13-24)31-27-16-30(36-28(27)11-12-35-31)32-26-15-21(9-10-29(26)37-38-32)23-14-25(18-34-17-23)39-19-20-5-2-1-3-6-20/h1-18,36H,19H2,(H,37,38). The summed E-state index contributed by atoms with van der Waals surface area (Å²) in [6, 6.07) is 28.6. The number of nitrogens with zero attached hydrogens (tertiary/aromatic N) is 3. The molecule has 2 N–H and O–H groups in total. The quantitative estimate of drug-likeness (QED) is 0.242. The van der Waals surface area contributed by atoms with Crippen LogP contribution < -0.4 is 4.74 Å². The van der Waals surface area contributed by atoms with Gasteiger partial charge in [0, 0.05) is 39.8 Å². The Kier molecular flexibility index (Phi) is 5.59. The van der Waals surface area contributed by atoms with Crippen molar-refractivity contribution in [3.8, 4) is 39.5 Å². The Hall–Kier alpha value is -5.30. The van der Waals surface area contributed by atoms with Gasteiger partial charge in [0.05, 0.1) is 23.1 Å². The Balaban J connectivity index is 1.24. The number of nitrogens with one attached hydrogen (secondary N) is 2. The number of hydrogen-bond acceptors (Lipinski definition) is 4. The molecule has 6 nitrogen and oxygen atoms in total. The number of rotatable bonds is 6. The van der Waals surface area contributed by atoms with E-state index in [0.29, 0.717) is 18.1 Å². The Morgan fingerprint density at radius 1 is 0.718 bits per heavy atom. The van der Waals surface area contributed by atoms with E-state index in [4.69, 9.17) is 4.74 Å². The second-order valence-electron chi connectivity index (χ2n) is 9.33. The zero-order valence-electron chi connectivity index (χ0n) is 20.7. The average molecular weight is 512 g/mol. The van der Waals surface area contributed by atoms with Crippen molar-refractivity contribution in [2.24, 2.45) is 0 Å². The van der Waals surface area contributed by atoms with E-state index < -0.39 is 0 Å². The van der Waals surface area contributed by atoms with Crippen LogP contribution in [0.5, 0.6) is 5.75 Å². The molecule has 0 spiro atoms. The first kappa shape index (κ1) is 22.9. The second kappa shape index (κ2) is 9.54. The predicted octanol–water partition coefficient (Wildman–Crippen LogP) is 7.55. The third-order valence-electron chi connectivity index (χ3n) is 6.76. The van der Waals surface area contributed by atoms with E-state index in [9.17, 15) is 4.39 Å². The summed E-state index contributed by atoms with van der Waals surface area (Å²) in [5.74, 6) is 0.411. The molecule has 0 saturated heterocycles. The largest absolute Gasteiger partial charge is 0.487 e. The highest BCUT2D eigenvalue weighted by atomic mass is 19.1. The number of halogens is 1. The van der Waals surface area contributed by atoms with Gasteiger partial charge in [0.1, 0.15) is 23.9 Å². The fraction of sp³-hybridized carbons (Fsp3) is 0.0312. The summed E-state index contributed by atoms with van der Waals surface area (Å²) in [5.41, 5.74) is 7.94. The predicted molar refractivity (Wildman–Crippen MR) is 151 cm³/mol. The molecule has 7 rings (SSSR count). The summed E-state index contributed by atoms with van der Waals surface area (Å²) < 4.78 is 19.9. The van der Waals surface area contributed by atoms with Crippen LogP contribution in [0.3, 0.4) is 0 Å². The van der Waals surface area contributed by atoms with Crippen molar-refractivity contribution < 1.29 is 9.13 Å². The summed E-state index contributed by atoms with van der Waals surface area (Å²) in [5, 5.41) is 9.62. The minimum absolute atomic E-state index is 0.295. The molecule has 0 atom stereocenters. The van der Waals surface area contributed by atoms with Crippen LogP contribution in [0.15, 0.2) is 110 Å². The van der Waals surface area contributed by atoms with Crippen molar-refractivity contribution in [2.45, 2.75) is 6.61 Å². The highest BCUT2D eigenvalue weighted by molar-refractivity contribution is 6.00. The minimum atomic E-state index is -0.295. The van der Waals surface area contributed by atoms with Crippen molar-refractivity contribution in [3.05, 3.63) is 121 Å². The van der Waals surface area contributed by atoms with Gasteiger partial charge in [-0.25, -0.2) is 4.39 Å². The number of aromatic amines is 2. The highest BCUT2D eigenvalue weighted by Crippen LogP contribution is 2.35. The summed E-state index contributed by atoms with van der Waals surface area (Å²) >= 11 is 0. The maximum absolute atomic E-state index is 13.9. The number of ether oxygens (including phenoxy) is 1. The van der Waals surface area contributed by atoms with E-state index in [0.717, 1.165) is 55.4 Å². The van der Waals surface area contributed by atoms with Crippen LogP contribution in [0.1, 0.15) is 5.56 Å². The van der Waals surface area contributed by atoms with Gasteiger partial charge < -0.3 is 9.72 Å². The van der Waals surface area contributed by atoms with Gasteiger partial charge in [-0.15, -0.1) is 0 Å². The average Bonchev–Trinajstić information content (AvgIpc) is 3.60. The first-order valence-electron chi connectivity index (χ1n) is 12.6. The van der Waals surface area contributed by atoms with Gasteiger partial charge in [-0.1, -0.05) is 48.5 Å². The zero-order valence-corrected chi connectivity index (χ0v) is 20.7. The fourth-order valence-corrected chi connectivity index (χ4v) is 4.84. The van der Waals surface area contributed by atoms with Gasteiger partial charge in [-0.2, -0.15) is 5.10 Å². The van der Waals surface area contributed by atoms with Gasteiger partial charge in [-0.05, 0) is 53.6 Å². The van der Waals surface area contributed by atoms with E-state index in [1.54, 1.807) is 18.5 Å². The maximum Gasteiger partial charge on any atom is 0.138 e. The molecule has 188 valence electrons. The van der Waals surface area contributed by atoms with Crippen LogP contribution in [-0.2, 0) is 6.61 Å². The van der Waals surface area contributed by atoms with Crippen LogP contribution in [0.25, 0.3) is 55.6 Å². The molecule has 0 amide bonds. The Labute approximate surface area is 223 Å². The molecule has 0 unspecified atom stereocenters. The van der Waals surface area contributed by atoms with Crippen LogP contribution in [0, 0.1) is 5.82 Å². The lowest BCUT2D eigenvalue weighted by molar-refractivity contribution is 0.305. The number of aromatic nitrogens is 5. The van der Waals surface area contributed by atoms with Crippen LogP contribution >= 0.6 is 0 Å². The van der Waals surface area contributed by atoms with E-state index in [2.05, 4.69) is 31.2 Å². The molecule has 0 aliphatic rings. The lowest BCUT2D eigenvalue weighted by Crippen LogP contribution is -1.95. The van der Waals surface area contributed by atoms with Gasteiger partial charge >= 0.3 is 0 Å². The molecule has 7 heteroatoms. The third-order valence-corrected chi connectivity index (χ3v) is 6.76. The number of hydrogen-bond donors (Lipinski definition) is 2. The molecule has 0 saturated carbocycles. The molecule has 0 fully saturated rings. The molecular formula is C32H22FN5O. The monoisotopic (exact) mass is 511 g/mol. The van der Waals surface area contributed by atoms with Gasteiger partial charge in [0.25, 0.3) is 0 Å². The van der Waals surface area contributed by atoms with Crippen molar-refractivity contribution in [3.63, 3.8) is 0 Å². The first-order valence-corrected chi connectivity index (χ1v) is 12.6. The summed E-state index contributed by atoms with van der Waals surface area (Å²) in [6.45, 7) is 0.476. The molecule has 7 aromatic rings. The third kappa shape index (κ3) is 4.40. The molecule has 0 aliphatic heterocycles. The van der Waals surface area contributed by atoms with Crippen LogP contribution in [-0.4, -0.2) is 25.1 Å². The van der Waals surface area contributed by atoms with Crippen molar-refractivity contribution in [1.82, 2.24) is 25.1 Å². The SMILES string of the molecule is Fc1cccc(-c2nccc3[nH]c(-c4n[nH]c5ccc(-c6cncc(OCc7ccccc7)c6)cc45)cc23)c1. The van der Waals surface area contributed by atoms with Crippen molar-refractivity contribution in [1.29, 1.82) is 0 Å². The molecule has 4 aromatic heterocycles. The van der Waals surface area contributed by atoms with Gasteiger partial charge in [0.2, 0.25) is 0 Å². The van der Waals surface area contributed by atoms with Crippen LogP contribution in [0.4, 0.5) is 4.39 Å². The number of fused-ring (bicyclic) bond motifs is 2.